The number of fused-ring (bicyclic) bond motifs is 1. The molecular weight excluding hydrogens is 222 g/mol. The first-order valence-electron chi connectivity index (χ1n) is 5.51. The lowest BCUT2D eigenvalue weighted by atomic mass is 10.1. The monoisotopic (exact) mass is 235 g/mol. The first kappa shape index (κ1) is 9.99. The Hall–Kier alpha value is -1.20. The second-order valence-corrected chi connectivity index (χ2v) is 4.97. The van der Waals surface area contributed by atoms with E-state index in [0.29, 0.717) is 6.04 Å². The average molecular weight is 235 g/mol. The lowest BCUT2D eigenvalue weighted by Gasteiger charge is -2.24. The van der Waals surface area contributed by atoms with Crippen molar-refractivity contribution in [3.63, 3.8) is 0 Å². The fourth-order valence-corrected chi connectivity index (χ4v) is 2.94. The van der Waals surface area contributed by atoms with Gasteiger partial charge in [-0.3, -0.25) is 9.36 Å². The Morgan fingerprint density at radius 2 is 2.25 bits per heavy atom. The molecule has 1 saturated heterocycles. The van der Waals surface area contributed by atoms with Gasteiger partial charge in [-0.2, -0.15) is 0 Å². The Bertz CT molecular complexity index is 554. The van der Waals surface area contributed by atoms with Gasteiger partial charge in [-0.15, -0.1) is 11.3 Å². The molecule has 0 bridgehead atoms. The highest BCUT2D eigenvalue weighted by Crippen LogP contribution is 2.19. The van der Waals surface area contributed by atoms with Crippen molar-refractivity contribution < 1.29 is 0 Å². The minimum atomic E-state index is 0.109. The Kier molecular flexibility index (Phi) is 2.49. The van der Waals surface area contributed by atoms with Crippen LogP contribution in [-0.4, -0.2) is 22.6 Å². The summed E-state index contributed by atoms with van der Waals surface area (Å²) in [5.41, 5.74) is 0.109. The molecule has 4 nitrogen and oxygen atoms in total. The van der Waals surface area contributed by atoms with Crippen molar-refractivity contribution in [1.29, 1.82) is 0 Å². The largest absolute Gasteiger partial charge is 0.317 e. The Morgan fingerprint density at radius 3 is 3.06 bits per heavy atom. The van der Waals surface area contributed by atoms with Crippen molar-refractivity contribution in [3.8, 4) is 0 Å². The van der Waals surface area contributed by atoms with E-state index in [1.165, 1.54) is 11.3 Å². The Labute approximate surface area is 96.9 Å². The summed E-state index contributed by atoms with van der Waals surface area (Å²) in [4.78, 5) is 17.4. The number of hydrogen-bond donors (Lipinski definition) is 1. The van der Waals surface area contributed by atoms with Crippen molar-refractivity contribution in [1.82, 2.24) is 14.9 Å². The molecule has 84 valence electrons. The van der Waals surface area contributed by atoms with Crippen LogP contribution in [0.3, 0.4) is 0 Å². The van der Waals surface area contributed by atoms with Gasteiger partial charge in [0, 0.05) is 6.04 Å². The van der Waals surface area contributed by atoms with E-state index in [2.05, 4.69) is 10.3 Å². The molecule has 0 amide bonds. The highest BCUT2D eigenvalue weighted by Gasteiger charge is 2.17. The number of piperidine rings is 1. The van der Waals surface area contributed by atoms with E-state index in [-0.39, 0.29) is 5.56 Å². The van der Waals surface area contributed by atoms with Gasteiger partial charge in [-0.1, -0.05) is 0 Å². The lowest BCUT2D eigenvalue weighted by Crippen LogP contribution is -2.34. The summed E-state index contributed by atoms with van der Waals surface area (Å²) in [6.07, 6.45) is 3.73. The molecule has 1 aliphatic rings. The zero-order chi connectivity index (χ0) is 11.0. The third kappa shape index (κ3) is 1.56. The molecular formula is C11H13N3OS. The van der Waals surface area contributed by atoms with Gasteiger partial charge in [0.05, 0.1) is 11.7 Å². The summed E-state index contributed by atoms with van der Waals surface area (Å²) in [6.45, 7) is 1.97. The minimum absolute atomic E-state index is 0.109. The fourth-order valence-electron chi connectivity index (χ4n) is 2.22. The van der Waals surface area contributed by atoms with Crippen LogP contribution in [0.2, 0.25) is 0 Å². The lowest BCUT2D eigenvalue weighted by molar-refractivity contribution is 0.359. The van der Waals surface area contributed by atoms with Crippen molar-refractivity contribution >= 4 is 21.6 Å². The molecule has 5 heteroatoms. The van der Waals surface area contributed by atoms with Gasteiger partial charge in [0.15, 0.2) is 0 Å². The van der Waals surface area contributed by atoms with E-state index in [1.54, 1.807) is 10.9 Å². The summed E-state index contributed by atoms with van der Waals surface area (Å²) < 4.78 is 1.80. The van der Waals surface area contributed by atoms with Crippen LogP contribution in [0.4, 0.5) is 0 Å². The van der Waals surface area contributed by atoms with Gasteiger partial charge in [0.1, 0.15) is 4.83 Å². The van der Waals surface area contributed by atoms with Crippen molar-refractivity contribution in [2.24, 2.45) is 0 Å². The van der Waals surface area contributed by atoms with Crippen molar-refractivity contribution in [2.45, 2.75) is 18.9 Å². The van der Waals surface area contributed by atoms with E-state index in [1.807, 2.05) is 11.4 Å². The molecule has 0 unspecified atom stereocenters. The number of nitrogens with one attached hydrogen (secondary N) is 1. The van der Waals surface area contributed by atoms with Gasteiger partial charge >= 0.3 is 0 Å². The summed E-state index contributed by atoms with van der Waals surface area (Å²) >= 11 is 1.52. The zero-order valence-corrected chi connectivity index (χ0v) is 9.67. The predicted molar refractivity (Wildman–Crippen MR) is 65.0 cm³/mol. The van der Waals surface area contributed by atoms with Crippen LogP contribution in [0.5, 0.6) is 0 Å². The predicted octanol–water partition coefficient (Wildman–Crippen LogP) is 1.38. The third-order valence-corrected chi connectivity index (χ3v) is 3.93. The molecule has 1 fully saturated rings. The van der Waals surface area contributed by atoms with E-state index in [4.69, 9.17) is 0 Å². The molecule has 0 aliphatic carbocycles. The number of thiophene rings is 1. The van der Waals surface area contributed by atoms with Gasteiger partial charge < -0.3 is 5.32 Å². The third-order valence-electron chi connectivity index (χ3n) is 3.11. The average Bonchev–Trinajstić information content (AvgIpc) is 2.80. The maximum atomic E-state index is 12.2. The standard InChI is InChI=1S/C11H13N3OS/c15-11-9-3-6-16-10(9)13-7-14(11)8-1-4-12-5-2-8/h3,6-8,12H,1-2,4-5H2. The highest BCUT2D eigenvalue weighted by molar-refractivity contribution is 7.16. The van der Waals surface area contributed by atoms with Crippen LogP contribution in [0.15, 0.2) is 22.6 Å². The first-order chi connectivity index (χ1) is 7.86. The molecule has 0 saturated carbocycles. The van der Waals surface area contributed by atoms with Crippen LogP contribution >= 0.6 is 11.3 Å². The van der Waals surface area contributed by atoms with E-state index in [9.17, 15) is 4.79 Å². The summed E-state index contributed by atoms with van der Waals surface area (Å²) in [5.74, 6) is 0. The molecule has 0 atom stereocenters. The molecule has 3 heterocycles. The molecule has 1 N–H and O–H groups in total. The van der Waals surface area contributed by atoms with Crippen molar-refractivity contribution in [3.05, 3.63) is 28.1 Å². The summed E-state index contributed by atoms with van der Waals surface area (Å²) in [7, 11) is 0. The molecule has 2 aromatic heterocycles. The van der Waals surface area contributed by atoms with Crippen LogP contribution in [0.1, 0.15) is 18.9 Å². The van der Waals surface area contributed by atoms with Crippen LogP contribution in [0, 0.1) is 0 Å². The molecule has 0 aromatic carbocycles. The molecule has 3 rings (SSSR count). The van der Waals surface area contributed by atoms with E-state index < -0.39 is 0 Å². The Balaban J connectivity index is 2.09. The van der Waals surface area contributed by atoms with Gasteiger partial charge in [-0.05, 0) is 37.4 Å². The van der Waals surface area contributed by atoms with Gasteiger partial charge in [-0.25, -0.2) is 4.98 Å². The number of aromatic nitrogens is 2. The maximum Gasteiger partial charge on any atom is 0.262 e. The van der Waals surface area contributed by atoms with E-state index in [0.717, 1.165) is 36.1 Å². The number of nitrogens with zero attached hydrogens (tertiary/aromatic N) is 2. The molecule has 1 aliphatic heterocycles. The first-order valence-corrected chi connectivity index (χ1v) is 6.39. The normalized spacial score (nSPS) is 18.0. The summed E-state index contributed by atoms with van der Waals surface area (Å²) in [6, 6.07) is 2.18. The molecule has 2 aromatic rings. The quantitative estimate of drug-likeness (QED) is 0.812. The smallest absolute Gasteiger partial charge is 0.262 e. The molecule has 0 radical (unpaired) electrons. The minimum Gasteiger partial charge on any atom is -0.317 e. The molecule has 16 heavy (non-hydrogen) atoms. The molecule has 0 spiro atoms. The van der Waals surface area contributed by atoms with E-state index >= 15 is 0 Å². The summed E-state index contributed by atoms with van der Waals surface area (Å²) in [5, 5.41) is 5.98. The number of hydrogen-bond acceptors (Lipinski definition) is 4. The second-order valence-electron chi connectivity index (χ2n) is 4.08. The second kappa shape index (κ2) is 3.99. The topological polar surface area (TPSA) is 46.9 Å². The van der Waals surface area contributed by atoms with Gasteiger partial charge in [0.25, 0.3) is 5.56 Å². The van der Waals surface area contributed by atoms with Crippen molar-refractivity contribution in [2.75, 3.05) is 13.1 Å². The Morgan fingerprint density at radius 1 is 1.44 bits per heavy atom. The van der Waals surface area contributed by atoms with Crippen LogP contribution in [0.25, 0.3) is 10.2 Å². The fraction of sp³-hybridized carbons (Fsp3) is 0.455. The number of rotatable bonds is 1. The van der Waals surface area contributed by atoms with Gasteiger partial charge in [0.2, 0.25) is 0 Å². The highest BCUT2D eigenvalue weighted by atomic mass is 32.1. The SMILES string of the molecule is O=c1c2ccsc2ncn1C1CCNCC1. The van der Waals surface area contributed by atoms with Crippen LogP contribution in [-0.2, 0) is 0 Å². The maximum absolute atomic E-state index is 12.2. The van der Waals surface area contributed by atoms with Crippen LogP contribution < -0.4 is 10.9 Å². The zero-order valence-electron chi connectivity index (χ0n) is 8.85.